The zero-order valence-electron chi connectivity index (χ0n) is 16.2. The highest BCUT2D eigenvalue weighted by Crippen LogP contribution is 2.34. The first-order chi connectivity index (χ1) is 13.0. The molecule has 3 rings (SSSR count). The minimum Gasteiger partial charge on any atom is -0.356 e. The molecule has 142 valence electrons. The van der Waals surface area contributed by atoms with E-state index in [1.54, 1.807) is 12.1 Å². The van der Waals surface area contributed by atoms with Crippen LogP contribution in [0, 0.1) is 11.7 Å². The lowest BCUT2D eigenvalue weighted by molar-refractivity contribution is -0.121. The molecule has 1 unspecified atom stereocenters. The van der Waals surface area contributed by atoms with Gasteiger partial charge in [0.25, 0.3) is 0 Å². The number of hydrogen-bond acceptors (Lipinski definition) is 1. The molecule has 3 aromatic rings. The Hall–Kier alpha value is -2.62. The van der Waals surface area contributed by atoms with Crippen molar-refractivity contribution < 1.29 is 9.18 Å². The molecule has 0 fully saturated rings. The molecule has 0 saturated carbocycles. The molecule has 0 aliphatic carbocycles. The van der Waals surface area contributed by atoms with Gasteiger partial charge >= 0.3 is 0 Å². The summed E-state index contributed by atoms with van der Waals surface area (Å²) in [4.78, 5) is 12.6. The van der Waals surface area contributed by atoms with E-state index in [9.17, 15) is 9.18 Å². The van der Waals surface area contributed by atoms with E-state index in [-0.39, 0.29) is 17.6 Å². The minimum absolute atomic E-state index is 0.0198. The minimum atomic E-state index is -0.266. The largest absolute Gasteiger partial charge is 0.356 e. The molecule has 0 aliphatic heterocycles. The van der Waals surface area contributed by atoms with Gasteiger partial charge in [-0.15, -0.1) is 0 Å². The van der Waals surface area contributed by atoms with Crippen LogP contribution in [0.15, 0.2) is 54.7 Å². The third-order valence-electron chi connectivity index (χ3n) is 4.90. The smallest absolute Gasteiger partial charge is 0.220 e. The first-order valence-corrected chi connectivity index (χ1v) is 9.59. The van der Waals surface area contributed by atoms with Crippen molar-refractivity contribution in [2.45, 2.75) is 39.7 Å². The van der Waals surface area contributed by atoms with E-state index in [0.717, 1.165) is 28.6 Å². The number of fused-ring (bicyclic) bond motifs is 1. The third-order valence-corrected chi connectivity index (χ3v) is 4.90. The Balaban J connectivity index is 2.02. The Morgan fingerprint density at radius 3 is 2.48 bits per heavy atom. The van der Waals surface area contributed by atoms with Crippen molar-refractivity contribution >= 4 is 16.8 Å². The lowest BCUT2D eigenvalue weighted by Crippen LogP contribution is -2.28. The van der Waals surface area contributed by atoms with Crippen molar-refractivity contribution in [2.24, 2.45) is 5.92 Å². The number of benzene rings is 2. The number of nitrogens with one attached hydrogen (secondary N) is 1. The molecule has 0 bridgehead atoms. The van der Waals surface area contributed by atoms with Gasteiger partial charge in [-0.3, -0.25) is 4.79 Å². The van der Waals surface area contributed by atoms with Gasteiger partial charge < -0.3 is 9.88 Å². The molecule has 0 radical (unpaired) electrons. The fraction of sp³-hybridized carbons (Fsp3) is 0.348. The molecule has 0 spiro atoms. The second kappa shape index (κ2) is 8.38. The number of nitrogens with zero attached hydrogens (tertiary/aromatic N) is 1. The third kappa shape index (κ3) is 4.38. The zero-order chi connectivity index (χ0) is 19.4. The second-order valence-corrected chi connectivity index (χ2v) is 7.39. The van der Waals surface area contributed by atoms with Crippen LogP contribution in [0.2, 0.25) is 0 Å². The summed E-state index contributed by atoms with van der Waals surface area (Å²) in [5.74, 6) is 0.0415. The molecule has 27 heavy (non-hydrogen) atoms. The fourth-order valence-corrected chi connectivity index (χ4v) is 3.49. The number of amides is 1. The standard InChI is InChI=1S/C23H27FN2O/c1-4-26-15-21(19-7-5-6-8-22(19)26)20(13-23(27)25-14-16(2)3)17-9-11-18(24)12-10-17/h5-12,15-16,20H,4,13-14H2,1-3H3,(H,25,27). The van der Waals surface area contributed by atoms with Crippen LogP contribution in [0.4, 0.5) is 4.39 Å². The maximum absolute atomic E-state index is 13.5. The number of aromatic nitrogens is 1. The maximum atomic E-state index is 13.5. The van der Waals surface area contributed by atoms with Crippen LogP contribution in [-0.2, 0) is 11.3 Å². The molecule has 0 saturated heterocycles. The van der Waals surface area contributed by atoms with Crippen LogP contribution in [0.5, 0.6) is 0 Å². The van der Waals surface area contributed by atoms with E-state index in [1.807, 2.05) is 12.1 Å². The van der Waals surface area contributed by atoms with Gasteiger partial charge in [0.1, 0.15) is 5.82 Å². The Kier molecular flexibility index (Phi) is 5.94. The number of carbonyl (C=O) groups is 1. The summed E-state index contributed by atoms with van der Waals surface area (Å²) in [5.41, 5.74) is 3.22. The molecule has 4 heteroatoms. The molecule has 0 aliphatic rings. The second-order valence-electron chi connectivity index (χ2n) is 7.39. The molecule has 1 amide bonds. The van der Waals surface area contributed by atoms with Gasteiger partial charge in [-0.25, -0.2) is 4.39 Å². The fourth-order valence-electron chi connectivity index (χ4n) is 3.49. The average Bonchev–Trinajstić information content (AvgIpc) is 3.04. The summed E-state index contributed by atoms with van der Waals surface area (Å²) in [5, 5.41) is 4.16. The number of hydrogen-bond donors (Lipinski definition) is 1. The molecular formula is C23H27FN2O. The van der Waals surface area contributed by atoms with Crippen LogP contribution >= 0.6 is 0 Å². The van der Waals surface area contributed by atoms with E-state index in [2.05, 4.69) is 49.0 Å². The van der Waals surface area contributed by atoms with Gasteiger partial charge in [0, 0.05) is 42.5 Å². The highest BCUT2D eigenvalue weighted by atomic mass is 19.1. The van der Waals surface area contributed by atoms with E-state index in [4.69, 9.17) is 0 Å². The lowest BCUT2D eigenvalue weighted by atomic mass is 9.88. The van der Waals surface area contributed by atoms with Gasteiger partial charge in [-0.2, -0.15) is 0 Å². The Bertz CT molecular complexity index is 912. The van der Waals surface area contributed by atoms with Gasteiger partial charge in [0.05, 0.1) is 0 Å². The normalized spacial score (nSPS) is 12.5. The van der Waals surface area contributed by atoms with Gasteiger partial charge in [-0.05, 0) is 42.2 Å². The van der Waals surface area contributed by atoms with Crippen molar-refractivity contribution in [3.8, 4) is 0 Å². The van der Waals surface area contributed by atoms with Crippen molar-refractivity contribution in [1.29, 1.82) is 0 Å². The number of carbonyl (C=O) groups excluding carboxylic acids is 1. The van der Waals surface area contributed by atoms with E-state index in [1.165, 1.54) is 12.1 Å². The van der Waals surface area contributed by atoms with Crippen molar-refractivity contribution in [3.05, 3.63) is 71.7 Å². The van der Waals surface area contributed by atoms with E-state index >= 15 is 0 Å². The number of rotatable bonds is 7. The van der Waals surface area contributed by atoms with Gasteiger partial charge in [0.15, 0.2) is 0 Å². The summed E-state index contributed by atoms with van der Waals surface area (Å²) in [6, 6.07) is 14.7. The summed E-state index contributed by atoms with van der Waals surface area (Å²) in [6.45, 7) is 7.78. The molecule has 1 N–H and O–H groups in total. The molecular weight excluding hydrogens is 339 g/mol. The summed E-state index contributed by atoms with van der Waals surface area (Å²) < 4.78 is 15.7. The quantitative estimate of drug-likeness (QED) is 0.620. The van der Waals surface area contributed by atoms with Crippen molar-refractivity contribution in [3.63, 3.8) is 0 Å². The van der Waals surface area contributed by atoms with E-state index in [0.29, 0.717) is 18.9 Å². The Labute approximate surface area is 160 Å². The monoisotopic (exact) mass is 366 g/mol. The summed E-state index contributed by atoms with van der Waals surface area (Å²) >= 11 is 0. The van der Waals surface area contributed by atoms with Crippen LogP contribution in [0.3, 0.4) is 0 Å². The highest BCUT2D eigenvalue weighted by Gasteiger charge is 2.22. The molecule has 3 nitrogen and oxygen atoms in total. The molecule has 1 heterocycles. The SMILES string of the molecule is CCn1cc(C(CC(=O)NCC(C)C)c2ccc(F)cc2)c2ccccc21. The van der Waals surface area contributed by atoms with Crippen molar-refractivity contribution in [2.75, 3.05) is 6.54 Å². The molecule has 1 aromatic heterocycles. The molecule has 2 aromatic carbocycles. The van der Waals surface area contributed by atoms with Gasteiger partial charge in [-0.1, -0.05) is 44.2 Å². The number of para-hydroxylation sites is 1. The zero-order valence-corrected chi connectivity index (χ0v) is 16.2. The van der Waals surface area contributed by atoms with Gasteiger partial charge in [0.2, 0.25) is 5.91 Å². The topological polar surface area (TPSA) is 34.0 Å². The average molecular weight is 366 g/mol. The Morgan fingerprint density at radius 2 is 1.81 bits per heavy atom. The van der Waals surface area contributed by atoms with Crippen LogP contribution in [0.25, 0.3) is 10.9 Å². The van der Waals surface area contributed by atoms with Crippen LogP contribution < -0.4 is 5.32 Å². The number of halogens is 1. The Morgan fingerprint density at radius 1 is 1.11 bits per heavy atom. The first-order valence-electron chi connectivity index (χ1n) is 9.59. The summed E-state index contributed by atoms with van der Waals surface area (Å²) in [7, 11) is 0. The molecule has 1 atom stereocenters. The van der Waals surface area contributed by atoms with Crippen LogP contribution in [0.1, 0.15) is 44.2 Å². The predicted molar refractivity (Wildman–Crippen MR) is 108 cm³/mol. The predicted octanol–water partition coefficient (Wildman–Crippen LogP) is 5.09. The highest BCUT2D eigenvalue weighted by molar-refractivity contribution is 5.86. The number of aryl methyl sites for hydroxylation is 1. The first kappa shape index (κ1) is 19.2. The van der Waals surface area contributed by atoms with Crippen molar-refractivity contribution in [1.82, 2.24) is 9.88 Å². The maximum Gasteiger partial charge on any atom is 0.220 e. The summed E-state index contributed by atoms with van der Waals surface area (Å²) in [6.07, 6.45) is 2.48. The lowest BCUT2D eigenvalue weighted by Gasteiger charge is -2.18. The van der Waals surface area contributed by atoms with E-state index < -0.39 is 0 Å². The van der Waals surface area contributed by atoms with Crippen LogP contribution in [-0.4, -0.2) is 17.0 Å².